The molecule has 0 N–H and O–H groups in total. The summed E-state index contributed by atoms with van der Waals surface area (Å²) in [5.74, 6) is 0.396. The van der Waals surface area contributed by atoms with Crippen LogP contribution < -0.4 is 0 Å². The Bertz CT molecular complexity index is 179. The number of carbonyl (C=O) groups excluding carboxylic acids is 1. The van der Waals surface area contributed by atoms with Crippen molar-refractivity contribution in [3.8, 4) is 0 Å². The van der Waals surface area contributed by atoms with Crippen molar-refractivity contribution in [3.05, 3.63) is 0 Å². The largest absolute Gasteiger partial charge is 0.466 e. The highest BCUT2D eigenvalue weighted by atomic mass is 16.5. The molecule has 1 atom stereocenters. The molecule has 0 aromatic carbocycles. The second-order valence-corrected chi connectivity index (χ2v) is 5.57. The number of hydrogen-bond acceptors (Lipinski definition) is 2. The molecule has 0 saturated heterocycles. The summed E-state index contributed by atoms with van der Waals surface area (Å²) >= 11 is 0. The minimum absolute atomic E-state index is 0.0549. The van der Waals surface area contributed by atoms with E-state index >= 15 is 0 Å². The quantitative estimate of drug-likeness (QED) is 0.629. The molecule has 0 bridgehead atoms. The van der Waals surface area contributed by atoms with Gasteiger partial charge in [0, 0.05) is 6.42 Å². The van der Waals surface area contributed by atoms with Gasteiger partial charge in [-0.05, 0) is 24.7 Å². The molecular formula is C13H26O2. The molecule has 0 unspecified atom stereocenters. The smallest absolute Gasteiger partial charge is 0.306 e. The van der Waals surface area contributed by atoms with Crippen LogP contribution in [0.1, 0.15) is 60.3 Å². The molecule has 90 valence electrons. The van der Waals surface area contributed by atoms with Gasteiger partial charge in [0.25, 0.3) is 0 Å². The molecule has 0 spiro atoms. The first kappa shape index (κ1) is 14.5. The van der Waals surface area contributed by atoms with Crippen LogP contribution in [0.5, 0.6) is 0 Å². The molecular weight excluding hydrogens is 188 g/mol. The van der Waals surface area contributed by atoms with Crippen LogP contribution in [0.3, 0.4) is 0 Å². The van der Waals surface area contributed by atoms with Crippen LogP contribution in [0, 0.1) is 11.3 Å². The van der Waals surface area contributed by atoms with Gasteiger partial charge in [-0.15, -0.1) is 0 Å². The predicted molar refractivity (Wildman–Crippen MR) is 63.7 cm³/mol. The summed E-state index contributed by atoms with van der Waals surface area (Å²) in [7, 11) is 0. The van der Waals surface area contributed by atoms with Crippen LogP contribution in [0.2, 0.25) is 0 Å². The molecule has 0 amide bonds. The molecule has 0 saturated carbocycles. The van der Waals surface area contributed by atoms with Crippen molar-refractivity contribution in [1.29, 1.82) is 0 Å². The first-order valence-corrected chi connectivity index (χ1v) is 6.00. The van der Waals surface area contributed by atoms with Crippen LogP contribution in [-0.4, -0.2) is 12.6 Å². The summed E-state index contributed by atoms with van der Waals surface area (Å²) in [6.45, 7) is 11.2. The van der Waals surface area contributed by atoms with Crippen LogP contribution in [0.15, 0.2) is 0 Å². The molecule has 15 heavy (non-hydrogen) atoms. The third-order valence-corrected chi connectivity index (χ3v) is 2.44. The second kappa shape index (κ2) is 6.86. The Morgan fingerprint density at radius 1 is 1.33 bits per heavy atom. The Labute approximate surface area is 94.4 Å². The maximum absolute atomic E-state index is 11.2. The van der Waals surface area contributed by atoms with Crippen LogP contribution >= 0.6 is 0 Å². The second-order valence-electron chi connectivity index (χ2n) is 5.57. The lowest BCUT2D eigenvalue weighted by molar-refractivity contribution is -0.144. The minimum Gasteiger partial charge on any atom is -0.466 e. The maximum Gasteiger partial charge on any atom is 0.306 e. The van der Waals surface area contributed by atoms with Gasteiger partial charge in [-0.25, -0.2) is 0 Å². The monoisotopic (exact) mass is 214 g/mol. The number of ether oxygens (including phenoxy) is 1. The van der Waals surface area contributed by atoms with Gasteiger partial charge in [0.1, 0.15) is 0 Å². The fourth-order valence-corrected chi connectivity index (χ4v) is 1.59. The Hall–Kier alpha value is -0.530. The molecule has 0 aliphatic carbocycles. The van der Waals surface area contributed by atoms with Gasteiger partial charge in [-0.1, -0.05) is 40.5 Å². The van der Waals surface area contributed by atoms with E-state index in [-0.39, 0.29) is 5.97 Å². The predicted octanol–water partition coefficient (Wildman–Crippen LogP) is 3.79. The van der Waals surface area contributed by atoms with E-state index in [9.17, 15) is 4.79 Å². The average molecular weight is 214 g/mol. The lowest BCUT2D eigenvalue weighted by Crippen LogP contribution is -2.10. The summed E-state index contributed by atoms with van der Waals surface area (Å²) in [4.78, 5) is 11.2. The van der Waals surface area contributed by atoms with Crippen molar-refractivity contribution in [1.82, 2.24) is 0 Å². The molecule has 0 aliphatic heterocycles. The van der Waals surface area contributed by atoms with E-state index in [1.165, 1.54) is 12.8 Å². The highest BCUT2D eigenvalue weighted by Crippen LogP contribution is 2.24. The third kappa shape index (κ3) is 9.77. The Morgan fingerprint density at radius 2 is 1.93 bits per heavy atom. The zero-order chi connectivity index (χ0) is 11.9. The van der Waals surface area contributed by atoms with Crippen molar-refractivity contribution in [2.75, 3.05) is 6.61 Å². The molecule has 0 fully saturated rings. The first-order valence-electron chi connectivity index (χ1n) is 6.00. The van der Waals surface area contributed by atoms with E-state index in [4.69, 9.17) is 4.74 Å². The van der Waals surface area contributed by atoms with Crippen molar-refractivity contribution in [2.24, 2.45) is 11.3 Å². The summed E-state index contributed by atoms with van der Waals surface area (Å²) in [6, 6.07) is 0. The normalized spacial score (nSPS) is 13.7. The fraction of sp³-hybridized carbons (Fsp3) is 0.923. The summed E-state index contributed by atoms with van der Waals surface area (Å²) in [6.07, 6.45) is 4.11. The van der Waals surface area contributed by atoms with Crippen molar-refractivity contribution in [2.45, 2.75) is 60.3 Å². The lowest BCUT2D eigenvalue weighted by atomic mass is 9.88. The van der Waals surface area contributed by atoms with Crippen molar-refractivity contribution >= 4 is 5.97 Å². The van der Waals surface area contributed by atoms with E-state index < -0.39 is 0 Å². The van der Waals surface area contributed by atoms with E-state index in [2.05, 4.69) is 27.7 Å². The van der Waals surface area contributed by atoms with Crippen LogP contribution in [0.25, 0.3) is 0 Å². The third-order valence-electron chi connectivity index (χ3n) is 2.44. The average Bonchev–Trinajstić information content (AvgIpc) is 2.01. The number of esters is 1. The van der Waals surface area contributed by atoms with E-state index in [0.717, 1.165) is 6.42 Å². The van der Waals surface area contributed by atoms with Gasteiger partial charge in [-0.3, -0.25) is 4.79 Å². The zero-order valence-corrected chi connectivity index (χ0v) is 10.9. The summed E-state index contributed by atoms with van der Waals surface area (Å²) < 4.78 is 4.92. The minimum atomic E-state index is -0.0549. The molecule has 0 aromatic rings. The van der Waals surface area contributed by atoms with Crippen LogP contribution in [0.4, 0.5) is 0 Å². The van der Waals surface area contributed by atoms with Gasteiger partial charge in [-0.2, -0.15) is 0 Å². The number of hydrogen-bond donors (Lipinski definition) is 0. The molecule has 0 radical (unpaired) electrons. The van der Waals surface area contributed by atoms with Gasteiger partial charge >= 0.3 is 5.97 Å². The summed E-state index contributed by atoms with van der Waals surface area (Å²) in [5, 5.41) is 0. The number of carbonyl (C=O) groups is 1. The topological polar surface area (TPSA) is 26.3 Å². The summed E-state index contributed by atoms with van der Waals surface area (Å²) in [5.41, 5.74) is 0.406. The lowest BCUT2D eigenvalue weighted by Gasteiger charge is -2.19. The highest BCUT2D eigenvalue weighted by Gasteiger charge is 2.13. The molecule has 0 aromatic heterocycles. The molecule has 0 rings (SSSR count). The SMILES string of the molecule is CCOC(=O)C[C@H](C)CCCC(C)(C)C. The Balaban J connectivity index is 3.57. The van der Waals surface area contributed by atoms with Crippen molar-refractivity contribution in [3.63, 3.8) is 0 Å². The van der Waals surface area contributed by atoms with E-state index in [0.29, 0.717) is 24.4 Å². The Kier molecular flexibility index (Phi) is 6.62. The van der Waals surface area contributed by atoms with Gasteiger partial charge in [0.15, 0.2) is 0 Å². The first-order chi connectivity index (χ1) is 6.85. The fourth-order valence-electron chi connectivity index (χ4n) is 1.59. The van der Waals surface area contributed by atoms with Crippen molar-refractivity contribution < 1.29 is 9.53 Å². The standard InChI is InChI=1S/C13H26O2/c1-6-15-12(14)10-11(2)8-7-9-13(3,4)5/h11H,6-10H2,1-5H3/t11-/m1/s1. The molecule has 2 heteroatoms. The molecule has 2 nitrogen and oxygen atoms in total. The van der Waals surface area contributed by atoms with Crippen LogP contribution in [-0.2, 0) is 9.53 Å². The maximum atomic E-state index is 11.2. The molecule has 0 heterocycles. The van der Waals surface area contributed by atoms with Gasteiger partial charge < -0.3 is 4.74 Å². The molecule has 0 aliphatic rings. The van der Waals surface area contributed by atoms with E-state index in [1.807, 2.05) is 6.92 Å². The van der Waals surface area contributed by atoms with Gasteiger partial charge in [0.2, 0.25) is 0 Å². The number of rotatable bonds is 6. The van der Waals surface area contributed by atoms with E-state index in [1.54, 1.807) is 0 Å². The zero-order valence-electron chi connectivity index (χ0n) is 10.9. The van der Waals surface area contributed by atoms with Gasteiger partial charge in [0.05, 0.1) is 6.61 Å². The highest BCUT2D eigenvalue weighted by molar-refractivity contribution is 5.69. The Morgan fingerprint density at radius 3 is 2.40 bits per heavy atom.